The lowest BCUT2D eigenvalue weighted by Gasteiger charge is -2.24. The summed E-state index contributed by atoms with van der Waals surface area (Å²) in [5.74, 6) is 0. The quantitative estimate of drug-likeness (QED) is 0.922. The normalized spacial score (nSPS) is 13.2. The monoisotopic (exact) mass is 313 g/mol. The van der Waals surface area contributed by atoms with Crippen LogP contribution in [0, 0.1) is 0 Å². The van der Waals surface area contributed by atoms with Gasteiger partial charge in [-0.05, 0) is 39.2 Å². The van der Waals surface area contributed by atoms with Crippen molar-refractivity contribution in [2.24, 2.45) is 0 Å². The summed E-state index contributed by atoms with van der Waals surface area (Å²) in [5, 5.41) is 7.59. The molecule has 5 nitrogen and oxygen atoms in total. The number of nitrogens with one attached hydrogen (secondary N) is 1. The zero-order valence-corrected chi connectivity index (χ0v) is 14.1. The number of hydrogen-bond acceptors (Lipinski definition) is 3. The standard InChI is InChI=1S/C18H23N3O2/c1-18(2,3)23-17(22)21(4)11-15-14-10-9-12-7-5-6-8-13(12)16(14)20-19-15/h5-8H,9-11H2,1-4H3,(H,19,20). The number of fused-ring (bicyclic) bond motifs is 3. The molecule has 0 unspecified atom stereocenters. The van der Waals surface area contributed by atoms with Gasteiger partial charge in [0.05, 0.1) is 17.9 Å². The minimum Gasteiger partial charge on any atom is -0.444 e. The Morgan fingerprint density at radius 2 is 2.04 bits per heavy atom. The molecular formula is C18H23N3O2. The number of nitrogens with zero attached hydrogens (tertiary/aromatic N) is 2. The number of hydrogen-bond donors (Lipinski definition) is 1. The van der Waals surface area contributed by atoms with Crippen molar-refractivity contribution >= 4 is 6.09 Å². The highest BCUT2D eigenvalue weighted by atomic mass is 16.6. The van der Waals surface area contributed by atoms with Gasteiger partial charge in [-0.15, -0.1) is 0 Å². The Hall–Kier alpha value is -2.30. The van der Waals surface area contributed by atoms with Gasteiger partial charge in [-0.3, -0.25) is 5.10 Å². The van der Waals surface area contributed by atoms with Gasteiger partial charge in [-0.25, -0.2) is 4.79 Å². The number of aromatic amines is 1. The Morgan fingerprint density at radius 3 is 2.78 bits per heavy atom. The number of carbonyl (C=O) groups is 1. The molecule has 1 aromatic heterocycles. The van der Waals surface area contributed by atoms with Gasteiger partial charge in [0, 0.05) is 18.2 Å². The van der Waals surface area contributed by atoms with Crippen LogP contribution in [0.2, 0.25) is 0 Å². The molecule has 1 heterocycles. The van der Waals surface area contributed by atoms with Crippen molar-refractivity contribution in [3.63, 3.8) is 0 Å². The molecule has 5 heteroatoms. The molecule has 1 amide bonds. The molecule has 122 valence electrons. The Labute approximate surface area is 136 Å². The molecule has 0 spiro atoms. The second-order valence-electron chi connectivity index (χ2n) is 7.02. The number of rotatable bonds is 2. The second kappa shape index (κ2) is 5.72. The molecule has 23 heavy (non-hydrogen) atoms. The molecule has 0 radical (unpaired) electrons. The summed E-state index contributed by atoms with van der Waals surface area (Å²) < 4.78 is 5.40. The highest BCUT2D eigenvalue weighted by Gasteiger charge is 2.24. The number of ether oxygens (including phenoxy) is 1. The van der Waals surface area contributed by atoms with Gasteiger partial charge >= 0.3 is 6.09 Å². The van der Waals surface area contributed by atoms with Crippen molar-refractivity contribution in [2.75, 3.05) is 7.05 Å². The first kappa shape index (κ1) is 15.6. The van der Waals surface area contributed by atoms with Crippen LogP contribution in [0.15, 0.2) is 24.3 Å². The first-order chi connectivity index (χ1) is 10.8. The van der Waals surface area contributed by atoms with Crippen molar-refractivity contribution in [3.05, 3.63) is 41.1 Å². The lowest BCUT2D eigenvalue weighted by Crippen LogP contribution is -2.34. The number of aromatic nitrogens is 2. The fourth-order valence-electron chi connectivity index (χ4n) is 2.90. The van der Waals surface area contributed by atoms with Gasteiger partial charge < -0.3 is 9.64 Å². The average molecular weight is 313 g/mol. The van der Waals surface area contributed by atoms with Crippen molar-refractivity contribution < 1.29 is 9.53 Å². The Kier molecular flexibility index (Phi) is 3.88. The van der Waals surface area contributed by atoms with E-state index >= 15 is 0 Å². The molecule has 0 bridgehead atoms. The summed E-state index contributed by atoms with van der Waals surface area (Å²) in [6.07, 6.45) is 1.62. The van der Waals surface area contributed by atoms with Crippen LogP contribution in [0.1, 0.15) is 37.6 Å². The minimum atomic E-state index is -0.491. The molecule has 1 N–H and O–H groups in total. The molecule has 0 aliphatic heterocycles. The summed E-state index contributed by atoms with van der Waals surface area (Å²) in [6, 6.07) is 8.39. The maximum Gasteiger partial charge on any atom is 0.410 e. The zero-order valence-electron chi connectivity index (χ0n) is 14.1. The van der Waals surface area contributed by atoms with Crippen LogP contribution in [0.3, 0.4) is 0 Å². The summed E-state index contributed by atoms with van der Waals surface area (Å²) in [6.45, 7) is 6.05. The number of benzene rings is 1. The van der Waals surface area contributed by atoms with E-state index in [1.54, 1.807) is 11.9 Å². The number of H-pyrrole nitrogens is 1. The van der Waals surface area contributed by atoms with E-state index < -0.39 is 5.60 Å². The van der Waals surface area contributed by atoms with Gasteiger partial charge in [-0.1, -0.05) is 24.3 Å². The molecule has 3 rings (SSSR count). The van der Waals surface area contributed by atoms with E-state index in [9.17, 15) is 4.79 Å². The van der Waals surface area contributed by atoms with Crippen LogP contribution < -0.4 is 0 Å². The first-order valence-corrected chi connectivity index (χ1v) is 7.93. The third-order valence-electron chi connectivity index (χ3n) is 3.98. The lowest BCUT2D eigenvalue weighted by atomic mass is 9.89. The van der Waals surface area contributed by atoms with E-state index in [0.29, 0.717) is 6.54 Å². The molecule has 1 aliphatic carbocycles. The van der Waals surface area contributed by atoms with Crippen LogP contribution in [0.4, 0.5) is 4.79 Å². The zero-order chi connectivity index (χ0) is 16.6. The maximum absolute atomic E-state index is 12.1. The Balaban J connectivity index is 1.79. The molecule has 0 atom stereocenters. The third-order valence-corrected chi connectivity index (χ3v) is 3.98. The Morgan fingerprint density at radius 1 is 1.30 bits per heavy atom. The van der Waals surface area contributed by atoms with Crippen molar-refractivity contribution in [1.82, 2.24) is 15.1 Å². The molecule has 0 fully saturated rings. The molecular weight excluding hydrogens is 290 g/mol. The maximum atomic E-state index is 12.1. The molecule has 1 aliphatic rings. The van der Waals surface area contributed by atoms with E-state index in [4.69, 9.17) is 4.74 Å². The van der Waals surface area contributed by atoms with E-state index in [0.717, 1.165) is 24.2 Å². The summed E-state index contributed by atoms with van der Waals surface area (Å²) >= 11 is 0. The molecule has 0 saturated carbocycles. The smallest absolute Gasteiger partial charge is 0.410 e. The van der Waals surface area contributed by atoms with Crippen molar-refractivity contribution in [1.29, 1.82) is 0 Å². The fourth-order valence-corrected chi connectivity index (χ4v) is 2.90. The molecule has 1 aromatic carbocycles. The van der Waals surface area contributed by atoms with Gasteiger partial charge in [-0.2, -0.15) is 5.10 Å². The third kappa shape index (κ3) is 3.23. The van der Waals surface area contributed by atoms with Crippen LogP contribution in [0.25, 0.3) is 11.3 Å². The van der Waals surface area contributed by atoms with Gasteiger partial charge in [0.2, 0.25) is 0 Å². The van der Waals surface area contributed by atoms with E-state index in [1.807, 2.05) is 26.8 Å². The van der Waals surface area contributed by atoms with Crippen LogP contribution in [-0.4, -0.2) is 33.8 Å². The summed E-state index contributed by atoms with van der Waals surface area (Å²) in [5.41, 5.74) is 5.28. The lowest BCUT2D eigenvalue weighted by molar-refractivity contribution is 0.0283. The predicted molar refractivity (Wildman–Crippen MR) is 89.1 cm³/mol. The van der Waals surface area contributed by atoms with Crippen molar-refractivity contribution in [2.45, 2.75) is 45.8 Å². The highest BCUT2D eigenvalue weighted by molar-refractivity contribution is 5.71. The number of aryl methyl sites for hydroxylation is 1. The number of amides is 1. The average Bonchev–Trinajstić information content (AvgIpc) is 2.89. The van der Waals surface area contributed by atoms with E-state index in [1.165, 1.54) is 16.7 Å². The SMILES string of the molecule is CN(Cc1n[nH]c2c1CCc1ccccc1-2)C(=O)OC(C)(C)C. The van der Waals surface area contributed by atoms with Crippen LogP contribution >= 0.6 is 0 Å². The van der Waals surface area contributed by atoms with E-state index in [-0.39, 0.29) is 6.09 Å². The molecule has 0 saturated heterocycles. The number of carbonyl (C=O) groups excluding carboxylic acids is 1. The van der Waals surface area contributed by atoms with Gasteiger partial charge in [0.15, 0.2) is 0 Å². The largest absolute Gasteiger partial charge is 0.444 e. The second-order valence-corrected chi connectivity index (χ2v) is 7.02. The van der Waals surface area contributed by atoms with Crippen LogP contribution in [0.5, 0.6) is 0 Å². The van der Waals surface area contributed by atoms with Gasteiger partial charge in [0.1, 0.15) is 5.60 Å². The molecule has 2 aromatic rings. The van der Waals surface area contributed by atoms with Crippen molar-refractivity contribution in [3.8, 4) is 11.3 Å². The fraction of sp³-hybridized carbons (Fsp3) is 0.444. The summed E-state index contributed by atoms with van der Waals surface area (Å²) in [4.78, 5) is 13.7. The predicted octanol–water partition coefficient (Wildman–Crippen LogP) is 3.54. The minimum absolute atomic E-state index is 0.328. The van der Waals surface area contributed by atoms with E-state index in [2.05, 4.69) is 28.4 Å². The van der Waals surface area contributed by atoms with Crippen LogP contribution in [-0.2, 0) is 24.1 Å². The first-order valence-electron chi connectivity index (χ1n) is 7.93. The topological polar surface area (TPSA) is 58.2 Å². The summed E-state index contributed by atoms with van der Waals surface area (Å²) in [7, 11) is 1.74. The highest BCUT2D eigenvalue weighted by Crippen LogP contribution is 2.33. The Bertz CT molecular complexity index is 728. The van der Waals surface area contributed by atoms with Gasteiger partial charge in [0.25, 0.3) is 0 Å².